The van der Waals surface area contributed by atoms with E-state index in [1.807, 2.05) is 92.7 Å². The number of benzene rings is 4. The Hall–Kier alpha value is -4.38. The molecule has 5 heteroatoms. The second kappa shape index (κ2) is 8.52. The van der Waals surface area contributed by atoms with Crippen LogP contribution in [0.5, 0.6) is 5.75 Å². The number of carbonyl (C=O) groups excluding carboxylic acids is 2. The highest BCUT2D eigenvalue weighted by Crippen LogP contribution is 2.38. The Morgan fingerprint density at radius 3 is 2.24 bits per heavy atom. The van der Waals surface area contributed by atoms with E-state index in [-0.39, 0.29) is 11.6 Å². The van der Waals surface area contributed by atoms with E-state index in [1.165, 1.54) is 4.90 Å². The molecule has 0 fully saturated rings. The number of imide groups is 1. The number of anilines is 2. The number of nitrogens with one attached hydrogen (secondary N) is 1. The quantitative estimate of drug-likeness (QED) is 0.389. The molecule has 5 rings (SSSR count). The Kier molecular flexibility index (Phi) is 5.38. The average Bonchev–Trinajstić information content (AvgIpc) is 3.08. The van der Waals surface area contributed by atoms with Crippen LogP contribution in [-0.4, -0.2) is 18.9 Å². The number of carbonyl (C=O) groups is 2. The van der Waals surface area contributed by atoms with Gasteiger partial charge in [-0.15, -0.1) is 0 Å². The summed E-state index contributed by atoms with van der Waals surface area (Å²) in [6.45, 7) is 3.95. The van der Waals surface area contributed by atoms with Crippen LogP contribution in [0.15, 0.2) is 90.6 Å². The van der Waals surface area contributed by atoms with E-state index in [0.717, 1.165) is 21.9 Å². The van der Waals surface area contributed by atoms with Gasteiger partial charge in [0.1, 0.15) is 11.4 Å². The van der Waals surface area contributed by atoms with Crippen molar-refractivity contribution >= 4 is 39.5 Å². The van der Waals surface area contributed by atoms with E-state index in [0.29, 0.717) is 28.3 Å². The van der Waals surface area contributed by atoms with Crippen LogP contribution in [0.1, 0.15) is 16.7 Å². The Balaban J connectivity index is 1.68. The van der Waals surface area contributed by atoms with Crippen molar-refractivity contribution in [3.63, 3.8) is 0 Å². The van der Waals surface area contributed by atoms with Gasteiger partial charge in [-0.25, -0.2) is 4.90 Å². The van der Waals surface area contributed by atoms with Crippen LogP contribution < -0.4 is 15.0 Å². The number of methoxy groups -OCH3 is 1. The number of rotatable bonds is 5. The van der Waals surface area contributed by atoms with E-state index < -0.39 is 5.91 Å². The summed E-state index contributed by atoms with van der Waals surface area (Å²) in [4.78, 5) is 29.0. The molecule has 2 amide bonds. The van der Waals surface area contributed by atoms with Crippen molar-refractivity contribution in [2.75, 3.05) is 17.3 Å². The van der Waals surface area contributed by atoms with E-state index in [9.17, 15) is 9.59 Å². The molecule has 0 spiro atoms. The summed E-state index contributed by atoms with van der Waals surface area (Å²) in [7, 11) is 1.58. The molecule has 0 saturated carbocycles. The van der Waals surface area contributed by atoms with Crippen molar-refractivity contribution in [1.82, 2.24) is 0 Å². The number of amides is 2. The molecule has 0 atom stereocenters. The lowest BCUT2D eigenvalue weighted by molar-refractivity contribution is -0.120. The number of aryl methyl sites for hydroxylation is 2. The normalized spacial score (nSPS) is 13.7. The SMILES string of the molecule is COc1ccc(C)cc1NC1=C(c2ccc(C)cc2)C(=O)N(c2cccc3ccccc23)C1=O. The van der Waals surface area contributed by atoms with Crippen LogP contribution in [-0.2, 0) is 9.59 Å². The third-order valence-corrected chi connectivity index (χ3v) is 6.05. The number of hydrogen-bond donors (Lipinski definition) is 1. The molecule has 1 aliphatic rings. The Morgan fingerprint density at radius 1 is 0.765 bits per heavy atom. The van der Waals surface area contributed by atoms with Gasteiger partial charge in [0.2, 0.25) is 0 Å². The molecule has 4 aromatic rings. The smallest absolute Gasteiger partial charge is 0.282 e. The van der Waals surface area contributed by atoms with E-state index in [2.05, 4.69) is 5.32 Å². The summed E-state index contributed by atoms with van der Waals surface area (Å²) in [5.41, 5.74) is 4.51. The third kappa shape index (κ3) is 3.61. The monoisotopic (exact) mass is 448 g/mol. The first-order chi connectivity index (χ1) is 16.5. The summed E-state index contributed by atoms with van der Waals surface area (Å²) in [5, 5.41) is 5.03. The molecule has 1 heterocycles. The van der Waals surface area contributed by atoms with Gasteiger partial charge < -0.3 is 10.1 Å². The van der Waals surface area contributed by atoms with Crippen LogP contribution in [0.3, 0.4) is 0 Å². The zero-order valence-corrected chi connectivity index (χ0v) is 19.3. The summed E-state index contributed by atoms with van der Waals surface area (Å²) >= 11 is 0. The molecule has 34 heavy (non-hydrogen) atoms. The molecule has 0 unspecified atom stereocenters. The van der Waals surface area contributed by atoms with Crippen LogP contribution in [0.2, 0.25) is 0 Å². The molecule has 4 aromatic carbocycles. The molecule has 0 radical (unpaired) electrons. The van der Waals surface area contributed by atoms with Crippen molar-refractivity contribution in [1.29, 1.82) is 0 Å². The summed E-state index contributed by atoms with van der Waals surface area (Å²) in [5.74, 6) is -0.176. The van der Waals surface area contributed by atoms with Crippen molar-refractivity contribution in [2.24, 2.45) is 0 Å². The van der Waals surface area contributed by atoms with Gasteiger partial charge in [-0.1, -0.05) is 72.3 Å². The van der Waals surface area contributed by atoms with Crippen molar-refractivity contribution in [2.45, 2.75) is 13.8 Å². The maximum absolute atomic E-state index is 13.8. The van der Waals surface area contributed by atoms with Gasteiger partial charge in [0.15, 0.2) is 0 Å². The summed E-state index contributed by atoms with van der Waals surface area (Å²) < 4.78 is 5.50. The fraction of sp³-hybridized carbons (Fsp3) is 0.103. The van der Waals surface area contributed by atoms with Gasteiger partial charge in [0.05, 0.1) is 24.1 Å². The Bertz CT molecular complexity index is 1460. The summed E-state index contributed by atoms with van der Waals surface area (Å²) in [6.07, 6.45) is 0. The second-order valence-corrected chi connectivity index (χ2v) is 8.39. The number of hydrogen-bond acceptors (Lipinski definition) is 4. The lowest BCUT2D eigenvalue weighted by Gasteiger charge is -2.18. The standard InChI is InChI=1S/C29H24N2O3/c1-18-11-14-21(15-12-18)26-27(30-23-17-19(2)13-16-25(23)34-3)29(33)31(28(26)32)24-10-6-8-20-7-4-5-9-22(20)24/h4-17,30H,1-3H3. The average molecular weight is 449 g/mol. The number of fused-ring (bicyclic) bond motifs is 1. The topological polar surface area (TPSA) is 58.6 Å². The Labute approximate surface area is 198 Å². The van der Waals surface area contributed by atoms with Gasteiger partial charge in [0.25, 0.3) is 11.8 Å². The zero-order chi connectivity index (χ0) is 23.8. The van der Waals surface area contributed by atoms with Crippen molar-refractivity contribution in [3.05, 3.63) is 107 Å². The van der Waals surface area contributed by atoms with Gasteiger partial charge in [-0.2, -0.15) is 0 Å². The molecule has 1 N–H and O–H groups in total. The highest BCUT2D eigenvalue weighted by Gasteiger charge is 2.41. The van der Waals surface area contributed by atoms with E-state index >= 15 is 0 Å². The molecular weight excluding hydrogens is 424 g/mol. The fourth-order valence-corrected chi connectivity index (χ4v) is 4.31. The first kappa shape index (κ1) is 21.5. The van der Waals surface area contributed by atoms with Crippen LogP contribution in [0.4, 0.5) is 11.4 Å². The number of ether oxygens (including phenoxy) is 1. The van der Waals surface area contributed by atoms with Crippen molar-refractivity contribution < 1.29 is 14.3 Å². The lowest BCUT2D eigenvalue weighted by Crippen LogP contribution is -2.32. The highest BCUT2D eigenvalue weighted by atomic mass is 16.5. The minimum Gasteiger partial charge on any atom is -0.495 e. The molecule has 5 nitrogen and oxygen atoms in total. The molecule has 0 bridgehead atoms. The minimum atomic E-state index is -0.402. The zero-order valence-electron chi connectivity index (χ0n) is 19.3. The molecule has 1 aliphatic heterocycles. The van der Waals surface area contributed by atoms with E-state index in [1.54, 1.807) is 13.2 Å². The molecular formula is C29H24N2O3. The van der Waals surface area contributed by atoms with Crippen molar-refractivity contribution in [3.8, 4) is 5.75 Å². The van der Waals surface area contributed by atoms with Crippen LogP contribution in [0.25, 0.3) is 16.3 Å². The maximum atomic E-state index is 13.8. The molecule has 0 aromatic heterocycles. The van der Waals surface area contributed by atoms with Gasteiger partial charge >= 0.3 is 0 Å². The van der Waals surface area contributed by atoms with E-state index in [4.69, 9.17) is 4.74 Å². The summed E-state index contributed by atoms with van der Waals surface area (Å²) in [6, 6.07) is 26.7. The highest BCUT2D eigenvalue weighted by molar-refractivity contribution is 6.47. The molecule has 0 saturated heterocycles. The first-order valence-electron chi connectivity index (χ1n) is 11.1. The predicted molar refractivity (Wildman–Crippen MR) is 136 cm³/mol. The van der Waals surface area contributed by atoms with Crippen LogP contribution in [0, 0.1) is 13.8 Å². The number of nitrogens with zero attached hydrogens (tertiary/aromatic N) is 1. The minimum absolute atomic E-state index is 0.227. The third-order valence-electron chi connectivity index (χ3n) is 6.05. The second-order valence-electron chi connectivity index (χ2n) is 8.39. The predicted octanol–water partition coefficient (Wildman–Crippen LogP) is 5.86. The Morgan fingerprint density at radius 2 is 1.47 bits per heavy atom. The molecule has 168 valence electrons. The van der Waals surface area contributed by atoms with Gasteiger partial charge in [0, 0.05) is 5.39 Å². The maximum Gasteiger partial charge on any atom is 0.282 e. The van der Waals surface area contributed by atoms with Gasteiger partial charge in [-0.3, -0.25) is 9.59 Å². The molecule has 0 aliphatic carbocycles. The first-order valence-corrected chi connectivity index (χ1v) is 11.1. The lowest BCUT2D eigenvalue weighted by atomic mass is 10.0. The van der Waals surface area contributed by atoms with Crippen LogP contribution >= 0.6 is 0 Å². The van der Waals surface area contributed by atoms with Gasteiger partial charge in [-0.05, 0) is 48.6 Å². The largest absolute Gasteiger partial charge is 0.495 e. The fourth-order valence-electron chi connectivity index (χ4n) is 4.31.